The molecule has 21 heavy (non-hydrogen) atoms. The van der Waals surface area contributed by atoms with Crippen molar-refractivity contribution in [2.45, 2.75) is 23.8 Å². The van der Waals surface area contributed by atoms with Crippen LogP contribution in [0.25, 0.3) is 0 Å². The van der Waals surface area contributed by atoms with Gasteiger partial charge in [0.1, 0.15) is 6.04 Å². The van der Waals surface area contributed by atoms with Crippen LogP contribution in [-0.4, -0.2) is 51.1 Å². The van der Waals surface area contributed by atoms with E-state index in [1.165, 1.54) is 30.2 Å². The summed E-state index contributed by atoms with van der Waals surface area (Å²) in [5.41, 5.74) is 0.258. The van der Waals surface area contributed by atoms with Crippen molar-refractivity contribution in [3.63, 3.8) is 0 Å². The fourth-order valence-corrected chi connectivity index (χ4v) is 3.08. The van der Waals surface area contributed by atoms with Crippen LogP contribution in [0.4, 0.5) is 0 Å². The SMILES string of the molecule is COC(=O)C1CCCN1C(=O)c1cccc(S(C)(=O)=O)c1. The molecule has 0 spiro atoms. The first-order chi connectivity index (χ1) is 9.84. The molecule has 1 aromatic rings. The van der Waals surface area contributed by atoms with Crippen molar-refractivity contribution in [3.05, 3.63) is 29.8 Å². The van der Waals surface area contributed by atoms with Crippen molar-refractivity contribution in [2.75, 3.05) is 19.9 Å². The molecule has 2 rings (SSSR count). The molecule has 1 heterocycles. The van der Waals surface area contributed by atoms with E-state index in [1.54, 1.807) is 6.07 Å². The zero-order chi connectivity index (χ0) is 15.6. The molecule has 1 aliphatic rings. The highest BCUT2D eigenvalue weighted by Crippen LogP contribution is 2.22. The molecule has 0 radical (unpaired) electrons. The van der Waals surface area contributed by atoms with Gasteiger partial charge in [-0.2, -0.15) is 0 Å². The van der Waals surface area contributed by atoms with Crippen LogP contribution < -0.4 is 0 Å². The van der Waals surface area contributed by atoms with E-state index in [0.717, 1.165) is 12.7 Å². The molecule has 7 heteroatoms. The molecule has 1 aliphatic heterocycles. The largest absolute Gasteiger partial charge is 0.467 e. The topological polar surface area (TPSA) is 80.8 Å². The summed E-state index contributed by atoms with van der Waals surface area (Å²) < 4.78 is 27.8. The molecule has 1 saturated heterocycles. The van der Waals surface area contributed by atoms with Gasteiger partial charge in [0.15, 0.2) is 9.84 Å². The maximum Gasteiger partial charge on any atom is 0.328 e. The van der Waals surface area contributed by atoms with Gasteiger partial charge in [0.05, 0.1) is 12.0 Å². The summed E-state index contributed by atoms with van der Waals surface area (Å²) in [5.74, 6) is -0.798. The van der Waals surface area contributed by atoms with Gasteiger partial charge in [-0.05, 0) is 31.0 Å². The van der Waals surface area contributed by atoms with Crippen LogP contribution in [0.1, 0.15) is 23.2 Å². The second-order valence-corrected chi connectivity index (χ2v) is 7.00. The van der Waals surface area contributed by atoms with Gasteiger partial charge in [-0.3, -0.25) is 4.79 Å². The summed E-state index contributed by atoms with van der Waals surface area (Å²) in [6, 6.07) is 5.25. The number of hydrogen-bond acceptors (Lipinski definition) is 5. The van der Waals surface area contributed by atoms with E-state index in [1.807, 2.05) is 0 Å². The molecule has 0 N–H and O–H groups in total. The fourth-order valence-electron chi connectivity index (χ4n) is 2.42. The average Bonchev–Trinajstić information content (AvgIpc) is 2.94. The van der Waals surface area contributed by atoms with Crippen LogP contribution in [0.5, 0.6) is 0 Å². The number of carbonyl (C=O) groups is 2. The lowest BCUT2D eigenvalue weighted by atomic mass is 10.1. The third-order valence-electron chi connectivity index (χ3n) is 3.50. The van der Waals surface area contributed by atoms with Crippen molar-refractivity contribution in [1.29, 1.82) is 0 Å². The van der Waals surface area contributed by atoms with Crippen LogP contribution in [0.3, 0.4) is 0 Å². The standard InChI is InChI=1S/C14H17NO5S/c1-20-14(17)12-7-4-8-15(12)13(16)10-5-3-6-11(9-10)21(2,18)19/h3,5-6,9,12H,4,7-8H2,1-2H3. The van der Waals surface area contributed by atoms with Crippen molar-refractivity contribution in [2.24, 2.45) is 0 Å². The predicted molar refractivity (Wildman–Crippen MR) is 75.6 cm³/mol. The lowest BCUT2D eigenvalue weighted by molar-refractivity contribution is -0.145. The number of benzene rings is 1. The predicted octanol–water partition coefficient (Wildman–Crippen LogP) is 0.868. The first kappa shape index (κ1) is 15.5. The Morgan fingerprint density at radius 3 is 2.67 bits per heavy atom. The first-order valence-electron chi connectivity index (χ1n) is 6.53. The summed E-state index contributed by atoms with van der Waals surface area (Å²) in [6.45, 7) is 0.460. The monoisotopic (exact) mass is 311 g/mol. The van der Waals surface area contributed by atoms with Crippen LogP contribution in [0.2, 0.25) is 0 Å². The van der Waals surface area contributed by atoms with Crippen LogP contribution in [-0.2, 0) is 19.4 Å². The van der Waals surface area contributed by atoms with Crippen LogP contribution >= 0.6 is 0 Å². The molecule has 0 saturated carbocycles. The number of nitrogens with zero attached hydrogens (tertiary/aromatic N) is 1. The minimum Gasteiger partial charge on any atom is -0.467 e. The lowest BCUT2D eigenvalue weighted by Crippen LogP contribution is -2.41. The Morgan fingerprint density at radius 1 is 1.33 bits per heavy atom. The smallest absolute Gasteiger partial charge is 0.328 e. The maximum absolute atomic E-state index is 12.5. The van der Waals surface area contributed by atoms with E-state index < -0.39 is 21.8 Å². The average molecular weight is 311 g/mol. The number of amides is 1. The molecule has 1 aromatic carbocycles. The van der Waals surface area contributed by atoms with E-state index >= 15 is 0 Å². The van der Waals surface area contributed by atoms with Crippen LogP contribution in [0, 0.1) is 0 Å². The van der Waals surface area contributed by atoms with E-state index in [0.29, 0.717) is 13.0 Å². The van der Waals surface area contributed by atoms with Gasteiger partial charge in [0.2, 0.25) is 0 Å². The summed E-state index contributed by atoms with van der Waals surface area (Å²) in [6.07, 6.45) is 2.37. The molecule has 1 fully saturated rings. The van der Waals surface area contributed by atoms with Crippen molar-refractivity contribution in [3.8, 4) is 0 Å². The molecule has 0 aliphatic carbocycles. The molecule has 1 atom stereocenters. The molecular weight excluding hydrogens is 294 g/mol. The fraction of sp³-hybridized carbons (Fsp3) is 0.429. The second kappa shape index (κ2) is 5.85. The Hall–Kier alpha value is -1.89. The van der Waals surface area contributed by atoms with Gasteiger partial charge < -0.3 is 9.64 Å². The summed E-state index contributed by atoms with van der Waals surface area (Å²) in [5, 5.41) is 0. The molecule has 1 unspecified atom stereocenters. The lowest BCUT2D eigenvalue weighted by Gasteiger charge is -2.22. The zero-order valence-electron chi connectivity index (χ0n) is 11.9. The molecule has 0 aromatic heterocycles. The molecular formula is C14H17NO5S. The number of hydrogen-bond donors (Lipinski definition) is 0. The highest BCUT2D eigenvalue weighted by atomic mass is 32.2. The second-order valence-electron chi connectivity index (χ2n) is 4.98. The molecule has 1 amide bonds. The van der Waals surface area contributed by atoms with E-state index in [4.69, 9.17) is 4.74 Å². The number of sulfone groups is 1. The van der Waals surface area contributed by atoms with Gasteiger partial charge in [-0.1, -0.05) is 6.07 Å². The number of rotatable bonds is 3. The van der Waals surface area contributed by atoms with Gasteiger partial charge in [0, 0.05) is 18.4 Å². The van der Waals surface area contributed by atoms with E-state index in [2.05, 4.69) is 0 Å². The number of methoxy groups -OCH3 is 1. The third-order valence-corrected chi connectivity index (χ3v) is 4.61. The summed E-state index contributed by atoms with van der Waals surface area (Å²) in [4.78, 5) is 25.7. The third kappa shape index (κ3) is 3.24. The number of esters is 1. The number of likely N-dealkylation sites (tertiary alicyclic amines) is 1. The van der Waals surface area contributed by atoms with Gasteiger partial charge >= 0.3 is 5.97 Å². The van der Waals surface area contributed by atoms with Crippen molar-refractivity contribution in [1.82, 2.24) is 4.90 Å². The minimum atomic E-state index is -3.38. The highest BCUT2D eigenvalue weighted by Gasteiger charge is 2.35. The van der Waals surface area contributed by atoms with Gasteiger partial charge in [-0.15, -0.1) is 0 Å². The van der Waals surface area contributed by atoms with Gasteiger partial charge in [0.25, 0.3) is 5.91 Å². The Kier molecular flexibility index (Phi) is 4.32. The normalized spacial score (nSPS) is 18.6. The highest BCUT2D eigenvalue weighted by molar-refractivity contribution is 7.90. The minimum absolute atomic E-state index is 0.0853. The Bertz CT molecular complexity index is 668. The Labute approximate surface area is 123 Å². The molecule has 6 nitrogen and oxygen atoms in total. The van der Waals surface area contributed by atoms with E-state index in [9.17, 15) is 18.0 Å². The molecule has 0 bridgehead atoms. The number of carbonyl (C=O) groups excluding carboxylic acids is 2. The van der Waals surface area contributed by atoms with Gasteiger partial charge in [-0.25, -0.2) is 13.2 Å². The Balaban J connectivity index is 2.30. The van der Waals surface area contributed by atoms with Crippen molar-refractivity contribution >= 4 is 21.7 Å². The van der Waals surface area contributed by atoms with Crippen LogP contribution in [0.15, 0.2) is 29.2 Å². The Morgan fingerprint density at radius 2 is 2.05 bits per heavy atom. The summed E-state index contributed by atoms with van der Waals surface area (Å²) >= 11 is 0. The zero-order valence-corrected chi connectivity index (χ0v) is 12.7. The molecule has 114 valence electrons. The first-order valence-corrected chi connectivity index (χ1v) is 8.42. The van der Waals surface area contributed by atoms with Crippen molar-refractivity contribution < 1.29 is 22.7 Å². The quantitative estimate of drug-likeness (QED) is 0.774. The number of ether oxygens (including phenoxy) is 1. The van der Waals surface area contributed by atoms with E-state index in [-0.39, 0.29) is 16.4 Å². The summed E-state index contributed by atoms with van der Waals surface area (Å²) in [7, 11) is -2.09. The maximum atomic E-state index is 12.5.